The number of carbonyl (C=O) groups excluding carboxylic acids is 2. The number of ether oxygens (including phenoxy) is 1. The highest BCUT2D eigenvalue weighted by molar-refractivity contribution is 6.30. The first-order valence-electron chi connectivity index (χ1n) is 10.2. The van der Waals surface area contributed by atoms with Gasteiger partial charge in [-0.05, 0) is 25.1 Å². The fraction of sp³-hybridized carbons (Fsp3) is 0.476. The van der Waals surface area contributed by atoms with Gasteiger partial charge in [-0.25, -0.2) is 0 Å². The number of carbonyl (C=O) groups is 2. The van der Waals surface area contributed by atoms with Gasteiger partial charge in [0, 0.05) is 49.9 Å². The molecule has 2 fully saturated rings. The molecule has 1 unspecified atom stereocenters. The SMILES string of the molecule is CC(C(=O)N1CCOCC1)N1CCN(C(=O)c2cc(-c3ccc(Cl)cc3)n[nH]2)CC1. The van der Waals surface area contributed by atoms with Crippen LogP contribution in [0.4, 0.5) is 0 Å². The smallest absolute Gasteiger partial charge is 0.271 e. The number of nitrogens with one attached hydrogen (secondary N) is 1. The number of amides is 2. The van der Waals surface area contributed by atoms with E-state index in [1.54, 1.807) is 18.2 Å². The summed E-state index contributed by atoms with van der Waals surface area (Å²) in [6, 6.07) is 8.92. The summed E-state index contributed by atoms with van der Waals surface area (Å²) < 4.78 is 5.33. The summed E-state index contributed by atoms with van der Waals surface area (Å²) in [5.41, 5.74) is 2.07. The largest absolute Gasteiger partial charge is 0.378 e. The van der Waals surface area contributed by atoms with Crippen LogP contribution in [0.2, 0.25) is 5.02 Å². The summed E-state index contributed by atoms with van der Waals surface area (Å²) in [4.78, 5) is 31.4. The molecule has 2 aliphatic rings. The lowest BCUT2D eigenvalue weighted by atomic mass is 10.1. The Balaban J connectivity index is 1.33. The van der Waals surface area contributed by atoms with Gasteiger partial charge in [-0.2, -0.15) is 5.10 Å². The van der Waals surface area contributed by atoms with Crippen molar-refractivity contribution in [1.29, 1.82) is 0 Å². The minimum atomic E-state index is -0.191. The van der Waals surface area contributed by atoms with Crippen molar-refractivity contribution >= 4 is 23.4 Å². The van der Waals surface area contributed by atoms with Gasteiger partial charge in [-0.1, -0.05) is 23.7 Å². The molecule has 2 aliphatic heterocycles. The van der Waals surface area contributed by atoms with Gasteiger partial charge in [-0.15, -0.1) is 0 Å². The first kappa shape index (κ1) is 20.8. The van der Waals surface area contributed by atoms with Gasteiger partial charge < -0.3 is 14.5 Å². The lowest BCUT2D eigenvalue weighted by Gasteiger charge is -2.39. The number of benzene rings is 1. The Morgan fingerprint density at radius 3 is 2.37 bits per heavy atom. The van der Waals surface area contributed by atoms with Crippen LogP contribution in [0, 0.1) is 0 Å². The van der Waals surface area contributed by atoms with Crippen molar-refractivity contribution < 1.29 is 14.3 Å². The second-order valence-electron chi connectivity index (χ2n) is 7.62. The standard InChI is InChI=1S/C21H26ClN5O3/c1-15(20(28)27-10-12-30-13-11-27)25-6-8-26(9-7-25)21(29)19-14-18(23-24-19)16-2-4-17(22)5-3-16/h2-5,14-15H,6-13H2,1H3,(H,23,24). The summed E-state index contributed by atoms with van der Waals surface area (Å²) in [6.45, 7) is 6.94. The molecule has 1 aromatic heterocycles. The second-order valence-corrected chi connectivity index (χ2v) is 8.05. The minimum Gasteiger partial charge on any atom is -0.378 e. The van der Waals surface area contributed by atoms with E-state index in [9.17, 15) is 9.59 Å². The number of H-pyrrole nitrogens is 1. The van der Waals surface area contributed by atoms with Crippen molar-refractivity contribution in [2.75, 3.05) is 52.5 Å². The van der Waals surface area contributed by atoms with E-state index in [1.807, 2.05) is 28.9 Å². The van der Waals surface area contributed by atoms with Gasteiger partial charge in [0.15, 0.2) is 0 Å². The number of halogens is 1. The van der Waals surface area contributed by atoms with Crippen molar-refractivity contribution in [2.24, 2.45) is 0 Å². The molecule has 0 bridgehead atoms. The molecule has 0 saturated carbocycles. The Morgan fingerprint density at radius 1 is 1.03 bits per heavy atom. The third-order valence-electron chi connectivity index (χ3n) is 5.78. The zero-order valence-electron chi connectivity index (χ0n) is 17.0. The summed E-state index contributed by atoms with van der Waals surface area (Å²) in [6.07, 6.45) is 0. The number of aromatic amines is 1. The third-order valence-corrected chi connectivity index (χ3v) is 6.03. The summed E-state index contributed by atoms with van der Waals surface area (Å²) >= 11 is 5.93. The molecule has 2 amide bonds. The number of aromatic nitrogens is 2. The van der Waals surface area contributed by atoms with Crippen LogP contribution in [0.25, 0.3) is 11.3 Å². The lowest BCUT2D eigenvalue weighted by molar-refractivity contribution is -0.141. The normalized spacial score (nSPS) is 19.0. The maximum Gasteiger partial charge on any atom is 0.271 e. The number of piperazine rings is 1. The molecule has 1 N–H and O–H groups in total. The Morgan fingerprint density at radius 2 is 1.70 bits per heavy atom. The lowest BCUT2D eigenvalue weighted by Crippen LogP contribution is -2.56. The molecule has 3 heterocycles. The van der Waals surface area contributed by atoms with Gasteiger partial charge in [0.2, 0.25) is 5.91 Å². The molecule has 160 valence electrons. The van der Waals surface area contributed by atoms with Crippen LogP contribution in [0.3, 0.4) is 0 Å². The Kier molecular flexibility index (Phi) is 6.36. The summed E-state index contributed by atoms with van der Waals surface area (Å²) in [5, 5.41) is 7.77. The van der Waals surface area contributed by atoms with Crippen molar-refractivity contribution in [3.8, 4) is 11.3 Å². The average Bonchev–Trinajstić information content (AvgIpc) is 3.29. The van der Waals surface area contributed by atoms with E-state index in [2.05, 4.69) is 15.1 Å². The number of hydrogen-bond acceptors (Lipinski definition) is 5. The molecule has 2 aromatic rings. The maximum absolute atomic E-state index is 12.9. The van der Waals surface area contributed by atoms with E-state index in [1.165, 1.54) is 0 Å². The first-order valence-corrected chi connectivity index (χ1v) is 10.6. The molecule has 1 aromatic carbocycles. The molecule has 30 heavy (non-hydrogen) atoms. The highest BCUT2D eigenvalue weighted by atomic mass is 35.5. The predicted octanol–water partition coefficient (Wildman–Crippen LogP) is 1.74. The molecule has 1 atom stereocenters. The molecule has 9 heteroatoms. The van der Waals surface area contributed by atoms with Crippen LogP contribution in [-0.4, -0.2) is 95.2 Å². The second kappa shape index (κ2) is 9.16. The van der Waals surface area contributed by atoms with E-state index in [0.717, 1.165) is 5.56 Å². The first-order chi connectivity index (χ1) is 14.5. The van der Waals surface area contributed by atoms with E-state index in [-0.39, 0.29) is 17.9 Å². The fourth-order valence-electron chi connectivity index (χ4n) is 3.89. The highest BCUT2D eigenvalue weighted by Gasteiger charge is 2.31. The Hall–Kier alpha value is -2.42. The molecule has 0 aliphatic carbocycles. The van der Waals surface area contributed by atoms with Crippen LogP contribution < -0.4 is 0 Å². The third kappa shape index (κ3) is 4.50. The van der Waals surface area contributed by atoms with Crippen LogP contribution in [0.5, 0.6) is 0 Å². The van der Waals surface area contributed by atoms with Crippen molar-refractivity contribution in [1.82, 2.24) is 24.9 Å². The molecule has 4 rings (SSSR count). The number of morpholine rings is 1. The van der Waals surface area contributed by atoms with Gasteiger partial charge in [0.25, 0.3) is 5.91 Å². The zero-order chi connectivity index (χ0) is 21.1. The quantitative estimate of drug-likeness (QED) is 0.797. The average molecular weight is 432 g/mol. The van der Waals surface area contributed by atoms with Gasteiger partial charge in [0.05, 0.1) is 24.9 Å². The molecule has 0 spiro atoms. The Bertz CT molecular complexity index is 886. The van der Waals surface area contributed by atoms with Crippen LogP contribution in [-0.2, 0) is 9.53 Å². The minimum absolute atomic E-state index is 0.0745. The Labute approximate surface area is 180 Å². The molecule has 2 saturated heterocycles. The van der Waals surface area contributed by atoms with Gasteiger partial charge in [-0.3, -0.25) is 19.6 Å². The van der Waals surface area contributed by atoms with Crippen LogP contribution >= 0.6 is 11.6 Å². The summed E-state index contributed by atoms with van der Waals surface area (Å²) in [7, 11) is 0. The number of hydrogen-bond donors (Lipinski definition) is 1. The predicted molar refractivity (Wildman–Crippen MR) is 113 cm³/mol. The highest BCUT2D eigenvalue weighted by Crippen LogP contribution is 2.21. The number of nitrogens with zero attached hydrogens (tertiary/aromatic N) is 4. The van der Waals surface area contributed by atoms with E-state index >= 15 is 0 Å². The molecule has 8 nitrogen and oxygen atoms in total. The number of rotatable bonds is 4. The molecule has 0 radical (unpaired) electrons. The van der Waals surface area contributed by atoms with Crippen LogP contribution in [0.1, 0.15) is 17.4 Å². The topological polar surface area (TPSA) is 81.8 Å². The van der Waals surface area contributed by atoms with Crippen molar-refractivity contribution in [3.05, 3.63) is 41.0 Å². The van der Waals surface area contributed by atoms with Crippen molar-refractivity contribution in [2.45, 2.75) is 13.0 Å². The van der Waals surface area contributed by atoms with Crippen molar-refractivity contribution in [3.63, 3.8) is 0 Å². The van der Waals surface area contributed by atoms with Gasteiger partial charge >= 0.3 is 0 Å². The monoisotopic (exact) mass is 431 g/mol. The van der Waals surface area contributed by atoms with E-state index < -0.39 is 0 Å². The molecular weight excluding hydrogens is 406 g/mol. The zero-order valence-corrected chi connectivity index (χ0v) is 17.8. The van der Waals surface area contributed by atoms with E-state index in [4.69, 9.17) is 16.3 Å². The molecular formula is C21H26ClN5O3. The van der Waals surface area contributed by atoms with Gasteiger partial charge in [0.1, 0.15) is 5.69 Å². The fourth-order valence-corrected chi connectivity index (χ4v) is 4.01. The summed E-state index contributed by atoms with van der Waals surface area (Å²) in [5.74, 6) is 0.0637. The van der Waals surface area contributed by atoms with Crippen LogP contribution in [0.15, 0.2) is 30.3 Å². The van der Waals surface area contributed by atoms with E-state index in [0.29, 0.717) is 68.9 Å². The maximum atomic E-state index is 12.9.